The fraction of sp³-hybridized carbons (Fsp3) is 0.857. The Morgan fingerprint density at radius 1 is 1.57 bits per heavy atom. The monoisotopic (exact) mass is 214 g/mol. The van der Waals surface area contributed by atoms with Gasteiger partial charge in [0.25, 0.3) is 5.91 Å². The highest BCUT2D eigenvalue weighted by atomic mass is 19.4. The minimum absolute atomic E-state index is 0.404. The van der Waals surface area contributed by atoms with Gasteiger partial charge < -0.3 is 5.73 Å². The minimum atomic E-state index is -4.46. The van der Waals surface area contributed by atoms with E-state index in [0.29, 0.717) is 12.8 Å². The summed E-state index contributed by atoms with van der Waals surface area (Å²) in [5.74, 6) is -0.740. The molecule has 0 saturated heterocycles. The summed E-state index contributed by atoms with van der Waals surface area (Å²) < 4.78 is 34.6. The Kier molecular flexibility index (Phi) is 5.47. The second-order valence-corrected chi connectivity index (χ2v) is 2.77. The van der Waals surface area contributed by atoms with Crippen molar-refractivity contribution in [3.63, 3.8) is 0 Å². The van der Waals surface area contributed by atoms with Crippen LogP contribution in [-0.2, 0) is 9.63 Å². The average Bonchev–Trinajstić information content (AvgIpc) is 2.02. The normalized spacial score (nSPS) is 13.8. The molecule has 0 aromatic rings. The van der Waals surface area contributed by atoms with Crippen LogP contribution in [0.3, 0.4) is 0 Å². The van der Waals surface area contributed by atoms with Crippen LogP contribution in [0.25, 0.3) is 0 Å². The van der Waals surface area contributed by atoms with Gasteiger partial charge in [-0.3, -0.25) is 9.63 Å². The topological polar surface area (TPSA) is 64.4 Å². The second kappa shape index (κ2) is 5.82. The van der Waals surface area contributed by atoms with Gasteiger partial charge in [-0.2, -0.15) is 13.2 Å². The number of hydrogen-bond donors (Lipinski definition) is 2. The second-order valence-electron chi connectivity index (χ2n) is 2.77. The molecule has 3 N–H and O–H groups in total. The molecule has 0 aliphatic rings. The summed E-state index contributed by atoms with van der Waals surface area (Å²) >= 11 is 0. The third-order valence-electron chi connectivity index (χ3n) is 1.35. The van der Waals surface area contributed by atoms with E-state index >= 15 is 0 Å². The van der Waals surface area contributed by atoms with Gasteiger partial charge in [0, 0.05) is 0 Å². The van der Waals surface area contributed by atoms with E-state index in [4.69, 9.17) is 5.73 Å². The summed E-state index contributed by atoms with van der Waals surface area (Å²) in [7, 11) is 0. The first kappa shape index (κ1) is 13.2. The predicted octanol–water partition coefficient (Wildman–Crippen LogP) is 0.724. The summed E-state index contributed by atoms with van der Waals surface area (Å²) in [5.41, 5.74) is 6.94. The van der Waals surface area contributed by atoms with Gasteiger partial charge in [-0.05, 0) is 6.42 Å². The first-order chi connectivity index (χ1) is 6.37. The number of nitrogens with two attached hydrogens (primary N) is 1. The molecule has 0 aliphatic heterocycles. The van der Waals surface area contributed by atoms with Crippen LogP contribution in [-0.4, -0.2) is 24.7 Å². The number of hydroxylamine groups is 1. The smallest absolute Gasteiger partial charge is 0.320 e. The number of amides is 1. The Morgan fingerprint density at radius 2 is 2.14 bits per heavy atom. The zero-order chi connectivity index (χ0) is 11.2. The number of nitrogens with one attached hydrogen (secondary N) is 1. The Morgan fingerprint density at radius 3 is 2.57 bits per heavy atom. The zero-order valence-corrected chi connectivity index (χ0v) is 7.73. The van der Waals surface area contributed by atoms with Crippen molar-refractivity contribution in [1.29, 1.82) is 0 Å². The lowest BCUT2D eigenvalue weighted by molar-refractivity contribution is -0.192. The van der Waals surface area contributed by atoms with Crippen LogP contribution in [0.2, 0.25) is 0 Å². The molecule has 4 nitrogen and oxygen atoms in total. The molecule has 0 fully saturated rings. The van der Waals surface area contributed by atoms with Crippen LogP contribution in [0, 0.1) is 0 Å². The number of halogens is 3. The Hall–Kier alpha value is -0.820. The fourth-order valence-corrected chi connectivity index (χ4v) is 0.707. The molecule has 0 spiro atoms. The summed E-state index contributed by atoms with van der Waals surface area (Å²) in [6.07, 6.45) is -3.38. The Bertz CT molecular complexity index is 184. The Labute approximate surface area is 79.5 Å². The highest BCUT2D eigenvalue weighted by molar-refractivity contribution is 5.80. The van der Waals surface area contributed by atoms with Gasteiger partial charge in [-0.1, -0.05) is 13.3 Å². The molecule has 84 valence electrons. The molecule has 0 bridgehead atoms. The first-order valence-electron chi connectivity index (χ1n) is 4.10. The molecule has 0 aromatic heterocycles. The molecular formula is C7H13F3N2O2. The average molecular weight is 214 g/mol. The number of alkyl halides is 3. The summed E-state index contributed by atoms with van der Waals surface area (Å²) in [6, 6.07) is -0.826. The van der Waals surface area contributed by atoms with Crippen molar-refractivity contribution in [3.8, 4) is 0 Å². The van der Waals surface area contributed by atoms with E-state index in [1.54, 1.807) is 5.48 Å². The van der Waals surface area contributed by atoms with Crippen molar-refractivity contribution in [2.45, 2.75) is 32.0 Å². The van der Waals surface area contributed by atoms with Crippen LogP contribution in [0.4, 0.5) is 13.2 Å². The van der Waals surface area contributed by atoms with Crippen molar-refractivity contribution < 1.29 is 22.8 Å². The molecular weight excluding hydrogens is 201 g/mol. The predicted molar refractivity (Wildman–Crippen MR) is 43.0 cm³/mol. The summed E-state index contributed by atoms with van der Waals surface area (Å²) in [4.78, 5) is 14.8. The maximum atomic E-state index is 11.5. The van der Waals surface area contributed by atoms with Gasteiger partial charge in [0.1, 0.15) is 0 Å². The number of rotatable bonds is 5. The van der Waals surface area contributed by atoms with E-state index in [0.717, 1.165) is 0 Å². The highest BCUT2D eigenvalue weighted by Crippen LogP contribution is 2.13. The van der Waals surface area contributed by atoms with Crippen molar-refractivity contribution in [1.82, 2.24) is 5.48 Å². The van der Waals surface area contributed by atoms with E-state index < -0.39 is 24.7 Å². The molecule has 0 rings (SSSR count). The Balaban J connectivity index is 3.64. The number of carbonyl (C=O) groups is 1. The van der Waals surface area contributed by atoms with E-state index in [1.165, 1.54) is 0 Å². The van der Waals surface area contributed by atoms with E-state index in [1.807, 2.05) is 6.92 Å². The quantitative estimate of drug-likeness (QED) is 0.663. The first-order valence-corrected chi connectivity index (χ1v) is 4.10. The molecule has 14 heavy (non-hydrogen) atoms. The van der Waals surface area contributed by atoms with E-state index in [-0.39, 0.29) is 0 Å². The number of carbonyl (C=O) groups excluding carboxylic acids is 1. The molecule has 0 saturated carbocycles. The molecule has 7 heteroatoms. The minimum Gasteiger partial charge on any atom is -0.320 e. The largest absolute Gasteiger partial charge is 0.414 e. The lowest BCUT2D eigenvalue weighted by atomic mass is 10.2. The van der Waals surface area contributed by atoms with Crippen molar-refractivity contribution in [2.24, 2.45) is 5.73 Å². The maximum Gasteiger partial charge on any atom is 0.414 e. The SMILES string of the molecule is CCC[C@H](N)C(=O)NOCC(F)(F)F. The lowest BCUT2D eigenvalue weighted by Crippen LogP contribution is -2.41. The third kappa shape index (κ3) is 6.67. The van der Waals surface area contributed by atoms with Crippen molar-refractivity contribution in [3.05, 3.63) is 0 Å². The molecule has 0 aliphatic carbocycles. The lowest BCUT2D eigenvalue weighted by Gasteiger charge is -2.11. The van der Waals surface area contributed by atoms with Gasteiger partial charge in [0.15, 0.2) is 6.61 Å². The third-order valence-corrected chi connectivity index (χ3v) is 1.35. The molecule has 0 unspecified atom stereocenters. The molecule has 1 atom stereocenters. The van der Waals surface area contributed by atoms with Crippen molar-refractivity contribution in [2.75, 3.05) is 6.61 Å². The molecule has 0 aromatic carbocycles. The number of hydrogen-bond acceptors (Lipinski definition) is 3. The van der Waals surface area contributed by atoms with E-state index in [9.17, 15) is 18.0 Å². The summed E-state index contributed by atoms with van der Waals surface area (Å²) in [5, 5.41) is 0. The van der Waals surface area contributed by atoms with Gasteiger partial charge in [-0.25, -0.2) is 5.48 Å². The van der Waals surface area contributed by atoms with Crippen LogP contribution in [0.1, 0.15) is 19.8 Å². The van der Waals surface area contributed by atoms with Crippen molar-refractivity contribution >= 4 is 5.91 Å². The van der Waals surface area contributed by atoms with Crippen LogP contribution in [0.5, 0.6) is 0 Å². The van der Waals surface area contributed by atoms with Crippen LogP contribution in [0.15, 0.2) is 0 Å². The van der Waals surface area contributed by atoms with E-state index in [2.05, 4.69) is 4.84 Å². The van der Waals surface area contributed by atoms with Gasteiger partial charge in [-0.15, -0.1) is 0 Å². The fourth-order valence-electron chi connectivity index (χ4n) is 0.707. The highest BCUT2D eigenvalue weighted by Gasteiger charge is 2.28. The van der Waals surface area contributed by atoms with Gasteiger partial charge in [0.05, 0.1) is 6.04 Å². The zero-order valence-electron chi connectivity index (χ0n) is 7.73. The maximum absolute atomic E-state index is 11.5. The standard InChI is InChI=1S/C7H13F3N2O2/c1-2-3-5(11)6(13)12-14-4-7(8,9)10/h5H,2-4,11H2,1H3,(H,12,13)/t5-/m0/s1. The summed E-state index contributed by atoms with van der Waals surface area (Å²) in [6.45, 7) is 0.293. The molecule has 0 radical (unpaired) electrons. The van der Waals surface area contributed by atoms with Crippen LogP contribution < -0.4 is 11.2 Å². The van der Waals surface area contributed by atoms with Crippen LogP contribution >= 0.6 is 0 Å². The molecule has 1 amide bonds. The molecule has 0 heterocycles. The van der Waals surface area contributed by atoms with Gasteiger partial charge in [0.2, 0.25) is 0 Å². The van der Waals surface area contributed by atoms with Gasteiger partial charge >= 0.3 is 6.18 Å².